The zero-order valence-corrected chi connectivity index (χ0v) is 22.6. The highest BCUT2D eigenvalue weighted by Crippen LogP contribution is 2.50. The molecule has 3 rings (SSSR count). The number of nitrogens with zero attached hydrogens (tertiary/aromatic N) is 2. The summed E-state index contributed by atoms with van der Waals surface area (Å²) in [6.45, 7) is 14.5. The normalized spacial score (nSPS) is 23.9. The number of rotatable bonds is 9. The molecule has 1 N–H and O–H groups in total. The van der Waals surface area contributed by atoms with E-state index in [9.17, 15) is 24.0 Å². The van der Waals surface area contributed by atoms with Crippen molar-refractivity contribution in [3.63, 3.8) is 0 Å². The number of benzene rings is 1. The SMILES string of the molecule is CCN(CC)C(=O)c1ccccc1[S+]([O-])C1=C(C(=O)O)N2C(=O)[C@H](C(C)O[Si](C)(C)C)[C@H]2[C@H]1C. The van der Waals surface area contributed by atoms with Gasteiger partial charge in [-0.25, -0.2) is 4.79 Å². The second kappa shape index (κ2) is 9.85. The Bertz CT molecular complexity index is 1020. The molecule has 0 aromatic heterocycles. The summed E-state index contributed by atoms with van der Waals surface area (Å²) >= 11 is -1.93. The van der Waals surface area contributed by atoms with E-state index in [-0.39, 0.29) is 39.0 Å². The Labute approximate surface area is 205 Å². The molecule has 1 fully saturated rings. The zero-order valence-electron chi connectivity index (χ0n) is 20.8. The van der Waals surface area contributed by atoms with E-state index >= 15 is 0 Å². The topological polar surface area (TPSA) is 110 Å². The highest BCUT2D eigenvalue weighted by molar-refractivity contribution is 7.95. The van der Waals surface area contributed by atoms with Gasteiger partial charge in [-0.05, 0) is 52.5 Å². The first-order valence-corrected chi connectivity index (χ1v) is 16.2. The van der Waals surface area contributed by atoms with Crippen molar-refractivity contribution in [1.29, 1.82) is 0 Å². The van der Waals surface area contributed by atoms with E-state index in [4.69, 9.17) is 4.43 Å². The number of carboxylic acid groups (broad SMARTS) is 1. The first kappa shape index (κ1) is 26.5. The van der Waals surface area contributed by atoms with Crippen molar-refractivity contribution >= 4 is 37.3 Å². The smallest absolute Gasteiger partial charge is 0.357 e. The molecule has 0 bridgehead atoms. The molecule has 10 heteroatoms. The summed E-state index contributed by atoms with van der Waals surface area (Å²) in [4.78, 5) is 41.8. The maximum absolute atomic E-state index is 13.9. The monoisotopic (exact) mass is 506 g/mol. The van der Waals surface area contributed by atoms with Crippen molar-refractivity contribution in [2.75, 3.05) is 13.1 Å². The molecule has 0 spiro atoms. The van der Waals surface area contributed by atoms with Gasteiger partial charge in [0.05, 0.1) is 29.5 Å². The van der Waals surface area contributed by atoms with Crippen molar-refractivity contribution in [2.24, 2.45) is 11.8 Å². The fourth-order valence-electron chi connectivity index (χ4n) is 4.99. The third-order valence-electron chi connectivity index (χ3n) is 6.40. The Morgan fingerprint density at radius 1 is 1.24 bits per heavy atom. The van der Waals surface area contributed by atoms with Gasteiger partial charge in [-0.1, -0.05) is 19.1 Å². The molecule has 2 unspecified atom stereocenters. The van der Waals surface area contributed by atoms with Crippen LogP contribution in [0, 0.1) is 11.8 Å². The minimum absolute atomic E-state index is 0.174. The zero-order chi connectivity index (χ0) is 25.5. The lowest BCUT2D eigenvalue weighted by Gasteiger charge is -2.48. The number of carbonyl (C=O) groups excluding carboxylic acids is 2. The van der Waals surface area contributed by atoms with Crippen LogP contribution in [0.3, 0.4) is 0 Å². The Hall–Kier alpha value is -2.14. The number of carboxylic acids is 1. The van der Waals surface area contributed by atoms with E-state index in [0.717, 1.165) is 0 Å². The summed E-state index contributed by atoms with van der Waals surface area (Å²) in [6, 6.07) is 6.15. The lowest BCUT2D eigenvalue weighted by Crippen LogP contribution is -2.64. The van der Waals surface area contributed by atoms with E-state index in [0.29, 0.717) is 13.1 Å². The fourth-order valence-corrected chi connectivity index (χ4v) is 7.89. The van der Waals surface area contributed by atoms with Crippen LogP contribution in [-0.2, 0) is 25.2 Å². The van der Waals surface area contributed by atoms with Crippen LogP contribution < -0.4 is 0 Å². The lowest BCUT2D eigenvalue weighted by atomic mass is 9.79. The molecular weight excluding hydrogens is 472 g/mol. The van der Waals surface area contributed by atoms with Crippen LogP contribution in [0.15, 0.2) is 39.8 Å². The molecule has 34 heavy (non-hydrogen) atoms. The number of amides is 2. The standard InChI is InChI=1S/C24H34N2O6SSi/c1-8-25(9-2)22(27)16-12-10-11-13-17(16)33(31)21-14(3)19-18(15(4)32-34(5,6)7)23(28)26(19)20(21)24(29)30/h10-15,18-19H,8-9H2,1-7H3,(H,29,30)/t14-,15?,18-,19-,33?/m1/s1. The van der Waals surface area contributed by atoms with Crippen molar-refractivity contribution in [3.05, 3.63) is 40.4 Å². The molecule has 186 valence electrons. The second-order valence-electron chi connectivity index (χ2n) is 9.71. The molecule has 2 aliphatic heterocycles. The van der Waals surface area contributed by atoms with Gasteiger partial charge in [0.25, 0.3) is 5.91 Å². The van der Waals surface area contributed by atoms with E-state index < -0.39 is 43.3 Å². The summed E-state index contributed by atoms with van der Waals surface area (Å²) < 4.78 is 20.0. The molecule has 2 amide bonds. The van der Waals surface area contributed by atoms with Crippen LogP contribution in [0.5, 0.6) is 0 Å². The molecule has 1 aromatic rings. The molecule has 8 nitrogen and oxygen atoms in total. The predicted molar refractivity (Wildman–Crippen MR) is 132 cm³/mol. The van der Waals surface area contributed by atoms with Gasteiger partial charge < -0.3 is 19.0 Å². The number of hydrogen-bond acceptors (Lipinski definition) is 5. The first-order chi connectivity index (χ1) is 15.9. The number of aliphatic carboxylic acids is 1. The van der Waals surface area contributed by atoms with Crippen LogP contribution in [0.25, 0.3) is 0 Å². The van der Waals surface area contributed by atoms with E-state index in [1.54, 1.807) is 36.1 Å². The molecule has 1 saturated heterocycles. The molecule has 0 saturated carbocycles. The first-order valence-electron chi connectivity index (χ1n) is 11.6. The summed E-state index contributed by atoms with van der Waals surface area (Å²) in [5, 5.41) is 10.0. The molecule has 2 heterocycles. The van der Waals surface area contributed by atoms with Gasteiger partial charge >= 0.3 is 5.97 Å². The Kier molecular flexibility index (Phi) is 7.66. The average Bonchev–Trinajstić information content (AvgIpc) is 3.01. The maximum atomic E-state index is 13.9. The predicted octanol–water partition coefficient (Wildman–Crippen LogP) is 3.29. The van der Waals surface area contributed by atoms with Gasteiger partial charge in [-0.2, -0.15) is 0 Å². The van der Waals surface area contributed by atoms with E-state index in [1.165, 1.54) is 4.90 Å². The van der Waals surface area contributed by atoms with Crippen molar-refractivity contribution in [1.82, 2.24) is 9.80 Å². The van der Waals surface area contributed by atoms with Gasteiger partial charge in [0, 0.05) is 24.3 Å². The average molecular weight is 507 g/mol. The second-order valence-corrected chi connectivity index (χ2v) is 15.6. The summed E-state index contributed by atoms with van der Waals surface area (Å²) in [5.74, 6) is -2.83. The Balaban J connectivity index is 2.02. The highest BCUT2D eigenvalue weighted by Gasteiger charge is 2.63. The third kappa shape index (κ3) is 4.56. The van der Waals surface area contributed by atoms with Gasteiger partial charge in [-0.3, -0.25) is 14.5 Å². The van der Waals surface area contributed by atoms with E-state index in [1.807, 2.05) is 40.4 Å². The van der Waals surface area contributed by atoms with Crippen LogP contribution in [-0.4, -0.2) is 70.8 Å². The van der Waals surface area contributed by atoms with Crippen molar-refractivity contribution in [3.8, 4) is 0 Å². The van der Waals surface area contributed by atoms with Gasteiger partial charge in [0.1, 0.15) is 0 Å². The third-order valence-corrected chi connectivity index (χ3v) is 9.20. The Morgan fingerprint density at radius 2 is 1.82 bits per heavy atom. The minimum Gasteiger partial charge on any atom is -0.607 e. The summed E-state index contributed by atoms with van der Waals surface area (Å²) in [5.41, 5.74) is 0.0453. The lowest BCUT2D eigenvalue weighted by molar-refractivity contribution is -0.162. The van der Waals surface area contributed by atoms with Gasteiger partial charge in [0.15, 0.2) is 23.8 Å². The van der Waals surface area contributed by atoms with Crippen molar-refractivity contribution in [2.45, 2.75) is 64.4 Å². The van der Waals surface area contributed by atoms with Crippen LogP contribution in [0.1, 0.15) is 38.1 Å². The molecule has 5 atom stereocenters. The number of fused-ring (bicyclic) bond motifs is 1. The number of carbonyl (C=O) groups is 3. The maximum Gasteiger partial charge on any atom is 0.357 e. The van der Waals surface area contributed by atoms with Crippen LogP contribution in [0.4, 0.5) is 0 Å². The summed E-state index contributed by atoms with van der Waals surface area (Å²) in [6.07, 6.45) is -0.373. The summed E-state index contributed by atoms with van der Waals surface area (Å²) in [7, 11) is -1.93. The van der Waals surface area contributed by atoms with Crippen LogP contribution in [0.2, 0.25) is 19.6 Å². The van der Waals surface area contributed by atoms with Crippen molar-refractivity contribution < 1.29 is 28.5 Å². The Morgan fingerprint density at radius 3 is 2.35 bits per heavy atom. The highest BCUT2D eigenvalue weighted by atomic mass is 32.2. The molecule has 0 radical (unpaired) electrons. The molecule has 2 aliphatic rings. The largest absolute Gasteiger partial charge is 0.607 e. The van der Waals surface area contributed by atoms with Gasteiger partial charge in [-0.15, -0.1) is 0 Å². The fraction of sp³-hybridized carbons (Fsp3) is 0.542. The molecule has 0 aliphatic carbocycles. The number of hydrogen-bond donors (Lipinski definition) is 1. The van der Waals surface area contributed by atoms with Crippen LogP contribution >= 0.6 is 0 Å². The van der Waals surface area contributed by atoms with E-state index in [2.05, 4.69) is 0 Å². The molecule has 1 aromatic carbocycles. The molecular formula is C24H34N2O6SSi. The number of β-lactam (4-membered cyclic amide) rings is 1. The van der Waals surface area contributed by atoms with Gasteiger partial charge in [0.2, 0.25) is 5.91 Å². The quantitative estimate of drug-likeness (QED) is 0.313. The minimum atomic E-state index is -1.93.